The van der Waals surface area contributed by atoms with Crippen molar-refractivity contribution in [1.82, 2.24) is 14.9 Å². The third kappa shape index (κ3) is 3.17. The van der Waals surface area contributed by atoms with Gasteiger partial charge in [0.2, 0.25) is 0 Å². The molecule has 5 nitrogen and oxygen atoms in total. The second-order valence-electron chi connectivity index (χ2n) is 6.36. The van der Waals surface area contributed by atoms with E-state index in [0.717, 1.165) is 29.8 Å². The lowest BCUT2D eigenvalue weighted by Gasteiger charge is -2.30. The van der Waals surface area contributed by atoms with Gasteiger partial charge >= 0.3 is 6.09 Å². The molecule has 2 aromatic rings. The van der Waals surface area contributed by atoms with Crippen LogP contribution in [-0.2, 0) is 6.54 Å². The van der Waals surface area contributed by atoms with E-state index in [-0.39, 0.29) is 11.5 Å². The summed E-state index contributed by atoms with van der Waals surface area (Å²) >= 11 is 0. The fourth-order valence-corrected chi connectivity index (χ4v) is 2.56. The van der Waals surface area contributed by atoms with Crippen LogP contribution in [-0.4, -0.2) is 20.8 Å². The predicted octanol–water partition coefficient (Wildman–Crippen LogP) is 3.80. The standard InChI is InChI=1S/C16H23N3O2/c1-5-10-19-12-9-7-6-8-11(12)17-14(19)13(16(2,3)4)18-15(20)21/h6-9,13,18H,5,10H2,1-4H3,(H,20,21). The minimum atomic E-state index is -1.02. The van der Waals surface area contributed by atoms with Gasteiger partial charge in [-0.1, -0.05) is 39.8 Å². The van der Waals surface area contributed by atoms with Crippen molar-refractivity contribution in [3.05, 3.63) is 30.1 Å². The number of nitrogens with zero attached hydrogens (tertiary/aromatic N) is 2. The number of rotatable bonds is 4. The highest BCUT2D eigenvalue weighted by atomic mass is 16.4. The van der Waals surface area contributed by atoms with E-state index in [4.69, 9.17) is 5.11 Å². The lowest BCUT2D eigenvalue weighted by Crippen LogP contribution is -2.37. The van der Waals surface area contributed by atoms with E-state index in [0.29, 0.717) is 0 Å². The van der Waals surface area contributed by atoms with E-state index in [9.17, 15) is 4.79 Å². The van der Waals surface area contributed by atoms with Crippen LogP contribution in [0.1, 0.15) is 46.0 Å². The lowest BCUT2D eigenvalue weighted by molar-refractivity contribution is 0.172. The molecular weight excluding hydrogens is 266 g/mol. The summed E-state index contributed by atoms with van der Waals surface area (Å²) in [5.74, 6) is 0.785. The van der Waals surface area contributed by atoms with Gasteiger partial charge in [-0.2, -0.15) is 0 Å². The minimum Gasteiger partial charge on any atom is -0.465 e. The second kappa shape index (κ2) is 5.76. The number of aromatic nitrogens is 2. The second-order valence-corrected chi connectivity index (χ2v) is 6.36. The third-order valence-electron chi connectivity index (χ3n) is 3.52. The van der Waals surface area contributed by atoms with Crippen LogP contribution in [0, 0.1) is 5.41 Å². The zero-order chi connectivity index (χ0) is 15.6. The van der Waals surface area contributed by atoms with Gasteiger partial charge in [-0.15, -0.1) is 0 Å². The fourth-order valence-electron chi connectivity index (χ4n) is 2.56. The maximum Gasteiger partial charge on any atom is 0.405 e. The summed E-state index contributed by atoms with van der Waals surface area (Å²) < 4.78 is 2.13. The van der Waals surface area contributed by atoms with Gasteiger partial charge in [0.1, 0.15) is 5.82 Å². The summed E-state index contributed by atoms with van der Waals surface area (Å²) in [4.78, 5) is 15.9. The molecule has 2 rings (SSSR count). The molecule has 114 valence electrons. The van der Waals surface area contributed by atoms with Gasteiger partial charge in [0.05, 0.1) is 17.1 Å². The van der Waals surface area contributed by atoms with Crippen LogP contribution in [0.25, 0.3) is 11.0 Å². The summed E-state index contributed by atoms with van der Waals surface area (Å²) in [5, 5.41) is 11.8. The summed E-state index contributed by atoms with van der Waals surface area (Å²) in [5.41, 5.74) is 1.70. The molecule has 1 aromatic heterocycles. The zero-order valence-electron chi connectivity index (χ0n) is 13.1. The number of hydrogen-bond acceptors (Lipinski definition) is 2. The smallest absolute Gasteiger partial charge is 0.405 e. The van der Waals surface area contributed by atoms with Crippen LogP contribution in [0.2, 0.25) is 0 Å². The lowest BCUT2D eigenvalue weighted by atomic mass is 9.86. The fraction of sp³-hybridized carbons (Fsp3) is 0.500. The van der Waals surface area contributed by atoms with Crippen molar-refractivity contribution in [3.8, 4) is 0 Å². The van der Waals surface area contributed by atoms with E-state index in [1.165, 1.54) is 0 Å². The van der Waals surface area contributed by atoms with E-state index in [1.54, 1.807) is 0 Å². The van der Waals surface area contributed by atoms with E-state index < -0.39 is 6.09 Å². The molecule has 0 spiro atoms. The van der Waals surface area contributed by atoms with Crippen molar-refractivity contribution in [1.29, 1.82) is 0 Å². The molecule has 1 aromatic carbocycles. The minimum absolute atomic E-state index is 0.259. The first kappa shape index (κ1) is 15.4. The topological polar surface area (TPSA) is 67.2 Å². The number of nitrogens with one attached hydrogen (secondary N) is 1. The quantitative estimate of drug-likeness (QED) is 0.899. The molecule has 0 radical (unpaired) electrons. The number of carboxylic acid groups (broad SMARTS) is 1. The zero-order valence-corrected chi connectivity index (χ0v) is 13.1. The number of carbonyl (C=O) groups is 1. The van der Waals surface area contributed by atoms with Gasteiger partial charge in [-0.25, -0.2) is 9.78 Å². The molecule has 1 heterocycles. The van der Waals surface area contributed by atoms with Gasteiger partial charge in [0.15, 0.2) is 0 Å². The van der Waals surface area contributed by atoms with Crippen molar-refractivity contribution in [2.45, 2.75) is 46.7 Å². The first-order valence-electron chi connectivity index (χ1n) is 7.29. The molecule has 5 heteroatoms. The summed E-state index contributed by atoms with van der Waals surface area (Å²) in [6, 6.07) is 7.57. The Morgan fingerprint density at radius 2 is 2.05 bits per heavy atom. The molecule has 2 N–H and O–H groups in total. The summed E-state index contributed by atoms with van der Waals surface area (Å²) in [7, 11) is 0. The molecular formula is C16H23N3O2. The predicted molar refractivity (Wildman–Crippen MR) is 83.4 cm³/mol. The van der Waals surface area contributed by atoms with E-state index >= 15 is 0 Å². The Labute approximate surface area is 125 Å². The molecule has 0 aliphatic heterocycles. The van der Waals surface area contributed by atoms with Crippen molar-refractivity contribution < 1.29 is 9.90 Å². The van der Waals surface area contributed by atoms with Crippen LogP contribution >= 0.6 is 0 Å². The molecule has 0 aliphatic carbocycles. The van der Waals surface area contributed by atoms with Gasteiger partial charge in [-0.05, 0) is 24.0 Å². The number of aryl methyl sites for hydroxylation is 1. The van der Waals surface area contributed by atoms with E-state index in [2.05, 4.69) is 21.8 Å². The maximum atomic E-state index is 11.2. The first-order valence-corrected chi connectivity index (χ1v) is 7.29. The molecule has 21 heavy (non-hydrogen) atoms. The normalized spacial score (nSPS) is 13.3. The first-order chi connectivity index (χ1) is 9.84. The largest absolute Gasteiger partial charge is 0.465 e. The van der Waals surface area contributed by atoms with Crippen molar-refractivity contribution in [2.75, 3.05) is 0 Å². The Morgan fingerprint density at radius 3 is 2.62 bits per heavy atom. The van der Waals surface area contributed by atoms with Crippen LogP contribution < -0.4 is 5.32 Å². The van der Waals surface area contributed by atoms with Gasteiger partial charge < -0.3 is 15.0 Å². The van der Waals surface area contributed by atoms with Crippen molar-refractivity contribution in [3.63, 3.8) is 0 Å². The van der Waals surface area contributed by atoms with Gasteiger partial charge in [0.25, 0.3) is 0 Å². The molecule has 1 amide bonds. The van der Waals surface area contributed by atoms with Crippen LogP contribution in [0.4, 0.5) is 4.79 Å². The third-order valence-corrected chi connectivity index (χ3v) is 3.52. The van der Waals surface area contributed by atoms with Crippen molar-refractivity contribution in [2.24, 2.45) is 5.41 Å². The van der Waals surface area contributed by atoms with Gasteiger partial charge in [0, 0.05) is 6.54 Å². The molecule has 0 saturated carbocycles. The monoisotopic (exact) mass is 289 g/mol. The Bertz CT molecular complexity index is 640. The number of para-hydroxylation sites is 2. The maximum absolute atomic E-state index is 11.2. The molecule has 1 unspecified atom stereocenters. The van der Waals surface area contributed by atoms with Crippen LogP contribution in [0.15, 0.2) is 24.3 Å². The Morgan fingerprint density at radius 1 is 1.38 bits per heavy atom. The van der Waals surface area contributed by atoms with Crippen LogP contribution in [0.5, 0.6) is 0 Å². The Hall–Kier alpha value is -2.04. The van der Waals surface area contributed by atoms with Crippen molar-refractivity contribution >= 4 is 17.1 Å². The molecule has 0 saturated heterocycles. The Balaban J connectivity index is 2.60. The van der Waals surface area contributed by atoms with Gasteiger partial charge in [-0.3, -0.25) is 0 Å². The highest BCUT2D eigenvalue weighted by Gasteiger charge is 2.32. The highest BCUT2D eigenvalue weighted by molar-refractivity contribution is 5.76. The number of fused-ring (bicyclic) bond motifs is 1. The molecule has 0 fully saturated rings. The number of amides is 1. The molecule has 0 bridgehead atoms. The molecule has 1 atom stereocenters. The summed E-state index contributed by atoms with van der Waals surface area (Å²) in [6.45, 7) is 8.98. The summed E-state index contributed by atoms with van der Waals surface area (Å²) in [6.07, 6.45) is -0.0536. The molecule has 0 aliphatic rings. The highest BCUT2D eigenvalue weighted by Crippen LogP contribution is 2.34. The SMILES string of the molecule is CCCn1c(C(NC(=O)O)C(C)(C)C)nc2ccccc21. The number of imidazole rings is 1. The number of benzene rings is 1. The van der Waals surface area contributed by atoms with Crippen LogP contribution in [0.3, 0.4) is 0 Å². The number of hydrogen-bond donors (Lipinski definition) is 2. The van der Waals surface area contributed by atoms with E-state index in [1.807, 2.05) is 45.0 Å². The Kier molecular flexibility index (Phi) is 4.21. The average Bonchev–Trinajstić information content (AvgIpc) is 2.74. The average molecular weight is 289 g/mol.